The third kappa shape index (κ3) is 3.76. The highest BCUT2D eigenvalue weighted by Crippen LogP contribution is 2.19. The van der Waals surface area contributed by atoms with Crippen LogP contribution in [0.1, 0.15) is 11.1 Å². The monoisotopic (exact) mass is 260 g/mol. The molecule has 1 heterocycles. The van der Waals surface area contributed by atoms with E-state index in [0.29, 0.717) is 12.1 Å². The van der Waals surface area contributed by atoms with Crippen molar-refractivity contribution in [2.75, 3.05) is 13.7 Å². The lowest BCUT2D eigenvalue weighted by Crippen LogP contribution is -2.17. The summed E-state index contributed by atoms with van der Waals surface area (Å²) in [6, 6.07) is 9.14. The fourth-order valence-electron chi connectivity index (χ4n) is 1.86. The average Bonchev–Trinajstić information content (AvgIpc) is 2.46. The van der Waals surface area contributed by atoms with Crippen LogP contribution >= 0.6 is 0 Å². The standard InChI is InChI=1S/C15H17FN2O/c1-19-14-4-2-3-13(15(14)16)11-18-10-7-12-5-8-17-9-6-12/h2-6,8-9,18H,7,10-11H2,1H3. The smallest absolute Gasteiger partial charge is 0.169 e. The zero-order chi connectivity index (χ0) is 13.5. The summed E-state index contributed by atoms with van der Waals surface area (Å²) in [4.78, 5) is 3.97. The zero-order valence-corrected chi connectivity index (χ0v) is 10.9. The molecule has 0 saturated carbocycles. The van der Waals surface area contributed by atoms with Crippen molar-refractivity contribution in [3.8, 4) is 5.75 Å². The summed E-state index contributed by atoms with van der Waals surface area (Å²) >= 11 is 0. The molecule has 0 fully saturated rings. The van der Waals surface area contributed by atoms with E-state index in [-0.39, 0.29) is 11.6 Å². The van der Waals surface area contributed by atoms with Gasteiger partial charge in [0.1, 0.15) is 0 Å². The molecule has 0 aliphatic rings. The molecule has 1 aromatic heterocycles. The molecule has 0 amide bonds. The number of nitrogens with one attached hydrogen (secondary N) is 1. The minimum Gasteiger partial charge on any atom is -0.494 e. The van der Waals surface area contributed by atoms with Crippen molar-refractivity contribution in [1.82, 2.24) is 10.3 Å². The van der Waals surface area contributed by atoms with Gasteiger partial charge in [0.05, 0.1) is 7.11 Å². The van der Waals surface area contributed by atoms with E-state index in [9.17, 15) is 4.39 Å². The molecule has 0 spiro atoms. The van der Waals surface area contributed by atoms with Gasteiger partial charge in [-0.2, -0.15) is 0 Å². The van der Waals surface area contributed by atoms with E-state index in [1.165, 1.54) is 12.7 Å². The molecule has 0 aliphatic carbocycles. The summed E-state index contributed by atoms with van der Waals surface area (Å²) < 4.78 is 18.8. The van der Waals surface area contributed by atoms with Crippen molar-refractivity contribution >= 4 is 0 Å². The Morgan fingerprint density at radius 1 is 1.21 bits per heavy atom. The number of benzene rings is 1. The topological polar surface area (TPSA) is 34.1 Å². The van der Waals surface area contributed by atoms with Gasteiger partial charge in [-0.3, -0.25) is 4.98 Å². The SMILES string of the molecule is COc1cccc(CNCCc2ccncc2)c1F. The van der Waals surface area contributed by atoms with Crippen LogP contribution in [0.5, 0.6) is 5.75 Å². The zero-order valence-electron chi connectivity index (χ0n) is 10.9. The Kier molecular flexibility index (Phi) is 4.86. The van der Waals surface area contributed by atoms with Crippen LogP contribution in [0.4, 0.5) is 4.39 Å². The predicted octanol–water partition coefficient (Wildman–Crippen LogP) is 2.56. The number of hydrogen-bond acceptors (Lipinski definition) is 3. The van der Waals surface area contributed by atoms with Gasteiger partial charge in [-0.15, -0.1) is 0 Å². The predicted molar refractivity (Wildman–Crippen MR) is 72.6 cm³/mol. The van der Waals surface area contributed by atoms with E-state index in [1.54, 1.807) is 30.6 Å². The summed E-state index contributed by atoms with van der Waals surface area (Å²) in [5.41, 5.74) is 1.84. The van der Waals surface area contributed by atoms with Crippen molar-refractivity contribution in [3.05, 3.63) is 59.7 Å². The fourth-order valence-corrected chi connectivity index (χ4v) is 1.86. The van der Waals surface area contributed by atoms with Gasteiger partial charge in [-0.1, -0.05) is 12.1 Å². The molecule has 0 radical (unpaired) electrons. The van der Waals surface area contributed by atoms with Crippen molar-refractivity contribution in [3.63, 3.8) is 0 Å². The van der Waals surface area contributed by atoms with Gasteiger partial charge in [-0.05, 0) is 36.7 Å². The summed E-state index contributed by atoms with van der Waals surface area (Å²) in [5, 5.41) is 3.23. The van der Waals surface area contributed by atoms with Gasteiger partial charge in [0.2, 0.25) is 0 Å². The first kappa shape index (κ1) is 13.5. The normalized spacial score (nSPS) is 10.4. The third-order valence-corrected chi connectivity index (χ3v) is 2.92. The second kappa shape index (κ2) is 6.85. The van der Waals surface area contributed by atoms with Crippen molar-refractivity contribution < 1.29 is 9.13 Å². The Labute approximate surface area is 112 Å². The Morgan fingerprint density at radius 3 is 2.74 bits per heavy atom. The van der Waals surface area contributed by atoms with E-state index in [4.69, 9.17) is 4.74 Å². The number of nitrogens with zero attached hydrogens (tertiary/aromatic N) is 1. The van der Waals surface area contributed by atoms with Crippen LogP contribution in [-0.2, 0) is 13.0 Å². The van der Waals surface area contributed by atoms with E-state index in [2.05, 4.69) is 10.3 Å². The third-order valence-electron chi connectivity index (χ3n) is 2.92. The Bertz CT molecular complexity index is 517. The Balaban J connectivity index is 1.83. The number of aromatic nitrogens is 1. The van der Waals surface area contributed by atoms with Gasteiger partial charge < -0.3 is 10.1 Å². The first-order chi connectivity index (χ1) is 9.31. The molecule has 1 aromatic carbocycles. The lowest BCUT2D eigenvalue weighted by atomic mass is 10.1. The number of pyridine rings is 1. The first-order valence-electron chi connectivity index (χ1n) is 6.22. The second-order valence-corrected chi connectivity index (χ2v) is 4.22. The van der Waals surface area contributed by atoms with Crippen LogP contribution in [0.3, 0.4) is 0 Å². The summed E-state index contributed by atoms with van der Waals surface area (Å²) in [5.74, 6) is -0.00477. The molecular weight excluding hydrogens is 243 g/mol. The molecule has 4 heteroatoms. The first-order valence-corrected chi connectivity index (χ1v) is 6.22. The summed E-state index contributed by atoms with van der Waals surface area (Å²) in [6.07, 6.45) is 4.45. The van der Waals surface area contributed by atoms with Crippen LogP contribution in [0.25, 0.3) is 0 Å². The maximum atomic E-state index is 13.8. The van der Waals surface area contributed by atoms with Gasteiger partial charge in [-0.25, -0.2) is 4.39 Å². The molecule has 3 nitrogen and oxygen atoms in total. The molecule has 0 atom stereocenters. The lowest BCUT2D eigenvalue weighted by molar-refractivity contribution is 0.383. The molecule has 2 rings (SSSR count). The van der Waals surface area contributed by atoms with E-state index < -0.39 is 0 Å². The minimum absolute atomic E-state index is 0.286. The molecule has 100 valence electrons. The summed E-state index contributed by atoms with van der Waals surface area (Å²) in [6.45, 7) is 1.29. The van der Waals surface area contributed by atoms with Gasteiger partial charge in [0.15, 0.2) is 11.6 Å². The molecular formula is C15H17FN2O. The van der Waals surface area contributed by atoms with E-state index >= 15 is 0 Å². The number of rotatable bonds is 6. The average molecular weight is 260 g/mol. The van der Waals surface area contributed by atoms with Crippen LogP contribution in [0.2, 0.25) is 0 Å². The van der Waals surface area contributed by atoms with Crippen LogP contribution < -0.4 is 10.1 Å². The minimum atomic E-state index is -0.290. The second-order valence-electron chi connectivity index (χ2n) is 4.22. The Hall–Kier alpha value is -1.94. The Morgan fingerprint density at radius 2 is 2.00 bits per heavy atom. The summed E-state index contributed by atoms with van der Waals surface area (Å²) in [7, 11) is 1.47. The van der Waals surface area contributed by atoms with Crippen LogP contribution in [0.15, 0.2) is 42.7 Å². The highest BCUT2D eigenvalue weighted by Gasteiger charge is 2.07. The van der Waals surface area contributed by atoms with Gasteiger partial charge in [0, 0.05) is 24.5 Å². The number of methoxy groups -OCH3 is 1. The molecule has 0 unspecified atom stereocenters. The molecule has 0 aliphatic heterocycles. The maximum Gasteiger partial charge on any atom is 0.169 e. The van der Waals surface area contributed by atoms with Crippen molar-refractivity contribution in [2.45, 2.75) is 13.0 Å². The molecule has 19 heavy (non-hydrogen) atoms. The highest BCUT2D eigenvalue weighted by molar-refractivity contribution is 5.30. The number of halogens is 1. The van der Waals surface area contributed by atoms with Gasteiger partial charge in [0.25, 0.3) is 0 Å². The van der Waals surface area contributed by atoms with Crippen molar-refractivity contribution in [1.29, 1.82) is 0 Å². The van der Waals surface area contributed by atoms with Crippen molar-refractivity contribution in [2.24, 2.45) is 0 Å². The molecule has 2 aromatic rings. The fraction of sp³-hybridized carbons (Fsp3) is 0.267. The lowest BCUT2D eigenvalue weighted by Gasteiger charge is -2.08. The molecule has 0 saturated heterocycles. The van der Waals surface area contributed by atoms with Crippen LogP contribution in [-0.4, -0.2) is 18.6 Å². The number of hydrogen-bond donors (Lipinski definition) is 1. The highest BCUT2D eigenvalue weighted by atomic mass is 19.1. The van der Waals surface area contributed by atoms with E-state index in [1.807, 2.05) is 12.1 Å². The molecule has 1 N–H and O–H groups in total. The molecule has 0 bridgehead atoms. The largest absolute Gasteiger partial charge is 0.494 e. The maximum absolute atomic E-state index is 13.8. The quantitative estimate of drug-likeness (QED) is 0.811. The van der Waals surface area contributed by atoms with E-state index in [0.717, 1.165) is 13.0 Å². The number of ether oxygens (including phenoxy) is 1. The van der Waals surface area contributed by atoms with Gasteiger partial charge >= 0.3 is 0 Å². The van der Waals surface area contributed by atoms with Crippen LogP contribution in [0, 0.1) is 5.82 Å².